The fourth-order valence-electron chi connectivity index (χ4n) is 1.38. The van der Waals surface area contributed by atoms with E-state index in [-0.39, 0.29) is 0 Å². The van der Waals surface area contributed by atoms with Crippen LogP contribution in [0, 0.1) is 0 Å². The Kier molecular flexibility index (Phi) is 5.29. The van der Waals surface area contributed by atoms with Crippen LogP contribution in [0.3, 0.4) is 0 Å². The van der Waals surface area contributed by atoms with E-state index in [1.54, 1.807) is 0 Å². The molecule has 2 nitrogen and oxygen atoms in total. The minimum atomic E-state index is 0.642. The molecule has 1 rings (SSSR count). The normalized spacial score (nSPS) is 10.5. The van der Waals surface area contributed by atoms with Crippen LogP contribution in [0.1, 0.15) is 11.5 Å². The summed E-state index contributed by atoms with van der Waals surface area (Å²) in [7, 11) is 0. The van der Waals surface area contributed by atoms with E-state index in [1.807, 2.05) is 24.3 Å². The predicted octanol–water partition coefficient (Wildman–Crippen LogP) is 2.88. The molecular formula is C12H17NOS. The number of nitrogens with zero attached hydrogens (tertiary/aromatic N) is 1. The molecule has 0 saturated carbocycles. The maximum atomic E-state index is 5.57. The quantitative estimate of drug-likeness (QED) is 0.565. The Morgan fingerprint density at radius 3 is 2.27 bits per heavy atom. The third-order valence-electron chi connectivity index (χ3n) is 2.03. The lowest BCUT2D eigenvalue weighted by Crippen LogP contribution is -2.22. The lowest BCUT2D eigenvalue weighted by atomic mass is 10.3. The average molecular weight is 223 g/mol. The second kappa shape index (κ2) is 6.53. The Hall–Kier alpha value is -0.930. The van der Waals surface area contributed by atoms with Gasteiger partial charge in [0.1, 0.15) is 11.5 Å². The van der Waals surface area contributed by atoms with Crippen molar-refractivity contribution in [3.63, 3.8) is 0 Å². The molecule has 0 fully saturated rings. The number of hydrogen-bond acceptors (Lipinski definition) is 3. The molecule has 1 aromatic heterocycles. The molecule has 0 aliphatic rings. The van der Waals surface area contributed by atoms with Gasteiger partial charge in [0.25, 0.3) is 0 Å². The smallest absolute Gasteiger partial charge is 0.118 e. The molecule has 82 valence electrons. The van der Waals surface area contributed by atoms with Crippen molar-refractivity contribution < 1.29 is 4.42 Å². The molecule has 1 heterocycles. The van der Waals surface area contributed by atoms with Crippen LogP contribution in [0.4, 0.5) is 0 Å². The van der Waals surface area contributed by atoms with Crippen molar-refractivity contribution in [1.82, 2.24) is 4.90 Å². The summed E-state index contributed by atoms with van der Waals surface area (Å²) in [5.74, 6) is 2.51. The topological polar surface area (TPSA) is 16.4 Å². The summed E-state index contributed by atoms with van der Waals surface area (Å²) in [5.41, 5.74) is 0. The number of thiol groups is 1. The summed E-state index contributed by atoms with van der Waals surface area (Å²) in [6.07, 6.45) is 3.76. The first kappa shape index (κ1) is 12.1. The molecule has 0 saturated heterocycles. The largest absolute Gasteiger partial charge is 0.464 e. The van der Waals surface area contributed by atoms with Gasteiger partial charge in [0, 0.05) is 18.8 Å². The highest BCUT2D eigenvalue weighted by molar-refractivity contribution is 7.79. The fourth-order valence-corrected chi connectivity index (χ4v) is 1.55. The third-order valence-corrected chi connectivity index (χ3v) is 2.34. The van der Waals surface area contributed by atoms with Crippen LogP contribution >= 0.6 is 12.6 Å². The molecule has 0 radical (unpaired) electrons. The lowest BCUT2D eigenvalue weighted by Gasteiger charge is -2.16. The van der Waals surface area contributed by atoms with Gasteiger partial charge >= 0.3 is 0 Å². The van der Waals surface area contributed by atoms with Crippen LogP contribution in [-0.4, -0.2) is 18.0 Å². The lowest BCUT2D eigenvalue weighted by molar-refractivity contribution is 0.291. The van der Waals surface area contributed by atoms with E-state index in [4.69, 9.17) is 4.42 Å². The molecule has 0 aromatic carbocycles. The molecule has 0 unspecified atom stereocenters. The highest BCUT2D eigenvalue weighted by atomic mass is 32.1. The maximum absolute atomic E-state index is 5.57. The first-order valence-corrected chi connectivity index (χ1v) is 5.56. The molecule has 1 aromatic rings. The Bertz CT molecular complexity index is 309. The molecule has 0 atom stereocenters. The van der Waals surface area contributed by atoms with Crippen LogP contribution in [0.15, 0.2) is 41.9 Å². The zero-order valence-electron chi connectivity index (χ0n) is 8.85. The summed E-state index contributed by atoms with van der Waals surface area (Å²) >= 11 is 4.16. The number of furan rings is 1. The van der Waals surface area contributed by atoms with Crippen LogP contribution < -0.4 is 0 Å². The Balaban J connectivity index is 2.55. The van der Waals surface area contributed by atoms with Crippen molar-refractivity contribution in [2.24, 2.45) is 0 Å². The van der Waals surface area contributed by atoms with Crippen LogP contribution in [0.2, 0.25) is 0 Å². The molecule has 15 heavy (non-hydrogen) atoms. The van der Waals surface area contributed by atoms with Crippen molar-refractivity contribution in [3.8, 4) is 0 Å². The van der Waals surface area contributed by atoms with Crippen molar-refractivity contribution in [2.45, 2.75) is 12.3 Å². The summed E-state index contributed by atoms with van der Waals surface area (Å²) in [6, 6.07) is 3.95. The minimum Gasteiger partial charge on any atom is -0.464 e. The molecule has 0 bridgehead atoms. The second-order valence-electron chi connectivity index (χ2n) is 3.30. The van der Waals surface area contributed by atoms with Crippen molar-refractivity contribution >= 4 is 12.6 Å². The molecule has 0 N–H and O–H groups in total. The van der Waals surface area contributed by atoms with E-state index in [0.717, 1.165) is 31.2 Å². The van der Waals surface area contributed by atoms with Gasteiger partial charge in [-0.1, -0.05) is 12.2 Å². The summed E-state index contributed by atoms with van der Waals surface area (Å²) < 4.78 is 5.57. The van der Waals surface area contributed by atoms with Crippen molar-refractivity contribution in [3.05, 3.63) is 49.0 Å². The number of hydrogen-bond donors (Lipinski definition) is 1. The molecule has 0 amide bonds. The van der Waals surface area contributed by atoms with Crippen LogP contribution in [0.5, 0.6) is 0 Å². The van der Waals surface area contributed by atoms with Gasteiger partial charge in [-0.2, -0.15) is 12.6 Å². The predicted molar refractivity (Wildman–Crippen MR) is 67.1 cm³/mol. The van der Waals surface area contributed by atoms with Crippen molar-refractivity contribution in [1.29, 1.82) is 0 Å². The Morgan fingerprint density at radius 2 is 1.80 bits per heavy atom. The summed E-state index contributed by atoms with van der Waals surface area (Å²) in [5, 5.41) is 0. The highest BCUT2D eigenvalue weighted by Crippen LogP contribution is 2.12. The van der Waals surface area contributed by atoms with Gasteiger partial charge in [0.15, 0.2) is 0 Å². The summed E-state index contributed by atoms with van der Waals surface area (Å²) in [4.78, 5) is 2.20. The average Bonchev–Trinajstić information content (AvgIpc) is 2.66. The van der Waals surface area contributed by atoms with E-state index in [9.17, 15) is 0 Å². The van der Waals surface area contributed by atoms with Gasteiger partial charge in [0.05, 0.1) is 6.54 Å². The minimum absolute atomic E-state index is 0.642. The first-order chi connectivity index (χ1) is 7.30. The maximum Gasteiger partial charge on any atom is 0.118 e. The SMILES string of the molecule is C=CCN(CC=C)Cc1ccc(CS)o1. The van der Waals surface area contributed by atoms with Gasteiger partial charge in [-0.15, -0.1) is 13.2 Å². The van der Waals surface area contributed by atoms with Gasteiger partial charge in [-0.25, -0.2) is 0 Å². The zero-order chi connectivity index (χ0) is 11.1. The first-order valence-electron chi connectivity index (χ1n) is 4.92. The molecule has 0 aliphatic carbocycles. The molecule has 0 spiro atoms. The van der Waals surface area contributed by atoms with E-state index in [0.29, 0.717) is 5.75 Å². The van der Waals surface area contributed by atoms with Crippen LogP contribution in [0.25, 0.3) is 0 Å². The van der Waals surface area contributed by atoms with Crippen molar-refractivity contribution in [2.75, 3.05) is 13.1 Å². The second-order valence-corrected chi connectivity index (χ2v) is 3.61. The molecule has 3 heteroatoms. The van der Waals surface area contributed by atoms with E-state index in [2.05, 4.69) is 30.7 Å². The summed E-state index contributed by atoms with van der Waals surface area (Å²) in [6.45, 7) is 9.91. The van der Waals surface area contributed by atoms with Gasteiger partial charge in [0.2, 0.25) is 0 Å². The van der Waals surface area contributed by atoms with E-state index in [1.165, 1.54) is 0 Å². The fraction of sp³-hybridized carbons (Fsp3) is 0.333. The molecular weight excluding hydrogens is 206 g/mol. The van der Waals surface area contributed by atoms with Gasteiger partial charge in [-0.3, -0.25) is 4.90 Å². The Labute approximate surface area is 96.7 Å². The zero-order valence-corrected chi connectivity index (χ0v) is 9.75. The van der Waals surface area contributed by atoms with Gasteiger partial charge < -0.3 is 4.42 Å². The van der Waals surface area contributed by atoms with E-state index < -0.39 is 0 Å². The third kappa shape index (κ3) is 3.98. The molecule has 0 aliphatic heterocycles. The van der Waals surface area contributed by atoms with E-state index >= 15 is 0 Å². The van der Waals surface area contributed by atoms with Crippen LogP contribution in [-0.2, 0) is 12.3 Å². The highest BCUT2D eigenvalue weighted by Gasteiger charge is 2.05. The monoisotopic (exact) mass is 223 g/mol. The number of rotatable bonds is 7. The van der Waals surface area contributed by atoms with Gasteiger partial charge in [-0.05, 0) is 12.1 Å². The Morgan fingerprint density at radius 1 is 1.20 bits per heavy atom. The standard InChI is InChI=1S/C12H17NOS/c1-3-7-13(8-4-2)9-11-5-6-12(10-15)14-11/h3-6,15H,1-2,7-10H2.